The van der Waals surface area contributed by atoms with Crippen LogP contribution < -0.4 is 0 Å². The lowest BCUT2D eigenvalue weighted by atomic mass is 9.78. The first-order valence-electron chi connectivity index (χ1n) is 6.11. The van der Waals surface area contributed by atoms with Crippen LogP contribution in [0.4, 0.5) is 0 Å². The molecule has 0 heterocycles. The Labute approximate surface area is 103 Å². The van der Waals surface area contributed by atoms with Gasteiger partial charge >= 0.3 is 0 Å². The van der Waals surface area contributed by atoms with Crippen molar-refractivity contribution in [1.82, 2.24) is 0 Å². The van der Waals surface area contributed by atoms with E-state index >= 15 is 0 Å². The van der Waals surface area contributed by atoms with Gasteiger partial charge in [0, 0.05) is 5.02 Å². The number of benzene rings is 1. The van der Waals surface area contributed by atoms with Crippen LogP contribution in [-0.2, 0) is 6.42 Å². The monoisotopic (exact) mass is 234 g/mol. The molecule has 0 bridgehead atoms. The highest BCUT2D eigenvalue weighted by molar-refractivity contribution is 6.30. The summed E-state index contributed by atoms with van der Waals surface area (Å²) in [4.78, 5) is 0. The highest BCUT2D eigenvalue weighted by Gasteiger charge is 2.21. The van der Waals surface area contributed by atoms with E-state index < -0.39 is 0 Å². The summed E-state index contributed by atoms with van der Waals surface area (Å²) in [7, 11) is 0. The summed E-state index contributed by atoms with van der Waals surface area (Å²) in [6.07, 6.45) is 7.08. The quantitative estimate of drug-likeness (QED) is 0.648. The Bertz CT molecular complexity index is 381. The third kappa shape index (κ3) is 2.49. The summed E-state index contributed by atoms with van der Waals surface area (Å²) in [5.41, 5.74) is 2.98. The van der Waals surface area contributed by atoms with Gasteiger partial charge < -0.3 is 0 Å². The molecule has 0 aliphatic heterocycles. The van der Waals surface area contributed by atoms with E-state index in [9.17, 15) is 0 Å². The number of rotatable bonds is 3. The lowest BCUT2D eigenvalue weighted by Gasteiger charge is -2.27. The van der Waals surface area contributed by atoms with Gasteiger partial charge in [-0.25, -0.2) is 0 Å². The van der Waals surface area contributed by atoms with Crippen molar-refractivity contribution in [1.29, 1.82) is 0 Å². The SMILES string of the molecule is C=C[C@@H](C)C[C@H]1CCCc2cc(Cl)ccc21. The van der Waals surface area contributed by atoms with Crippen LogP contribution in [-0.4, -0.2) is 0 Å². The molecule has 0 unspecified atom stereocenters. The first-order chi connectivity index (χ1) is 7.70. The fourth-order valence-electron chi connectivity index (χ4n) is 2.67. The molecule has 1 aromatic rings. The molecular formula is C15H19Cl. The van der Waals surface area contributed by atoms with Crippen molar-refractivity contribution in [3.05, 3.63) is 47.0 Å². The van der Waals surface area contributed by atoms with Crippen molar-refractivity contribution in [2.75, 3.05) is 0 Å². The lowest BCUT2D eigenvalue weighted by Crippen LogP contribution is -2.12. The summed E-state index contributed by atoms with van der Waals surface area (Å²) >= 11 is 6.04. The van der Waals surface area contributed by atoms with Crippen LogP contribution in [0.2, 0.25) is 5.02 Å². The van der Waals surface area contributed by atoms with Crippen LogP contribution in [0.3, 0.4) is 0 Å². The van der Waals surface area contributed by atoms with Gasteiger partial charge in [0.25, 0.3) is 0 Å². The predicted octanol–water partition coefficient (Wildman–Crippen LogP) is 4.97. The van der Waals surface area contributed by atoms with Crippen molar-refractivity contribution in [2.24, 2.45) is 5.92 Å². The summed E-state index contributed by atoms with van der Waals surface area (Å²) in [5.74, 6) is 1.31. The van der Waals surface area contributed by atoms with Gasteiger partial charge in [0.05, 0.1) is 0 Å². The van der Waals surface area contributed by atoms with E-state index in [2.05, 4.69) is 31.7 Å². The molecule has 0 aromatic heterocycles. The van der Waals surface area contributed by atoms with Crippen LogP contribution >= 0.6 is 11.6 Å². The van der Waals surface area contributed by atoms with Crippen LogP contribution in [0.25, 0.3) is 0 Å². The summed E-state index contributed by atoms with van der Waals surface area (Å²) in [6, 6.07) is 6.39. The molecule has 1 aliphatic rings. The Morgan fingerprint density at radius 2 is 2.38 bits per heavy atom. The Balaban J connectivity index is 2.22. The summed E-state index contributed by atoms with van der Waals surface area (Å²) in [6.45, 7) is 6.12. The van der Waals surface area contributed by atoms with Crippen molar-refractivity contribution >= 4 is 11.6 Å². The molecule has 86 valence electrons. The van der Waals surface area contributed by atoms with E-state index in [0.29, 0.717) is 11.8 Å². The number of aryl methyl sites for hydroxylation is 1. The number of hydrogen-bond acceptors (Lipinski definition) is 0. The third-order valence-corrected chi connectivity index (χ3v) is 3.84. The Hall–Kier alpha value is -0.750. The topological polar surface area (TPSA) is 0 Å². The van der Waals surface area contributed by atoms with Gasteiger partial charge in [0.2, 0.25) is 0 Å². The minimum absolute atomic E-state index is 0.603. The molecule has 1 heteroatoms. The van der Waals surface area contributed by atoms with Crippen LogP contribution in [0.15, 0.2) is 30.9 Å². The maximum absolute atomic E-state index is 6.04. The standard InChI is InChI=1S/C15H19Cl/c1-3-11(2)9-12-5-4-6-13-10-14(16)7-8-15(12)13/h3,7-8,10-12H,1,4-6,9H2,2H3/t11-,12-/m1/s1. The van der Waals surface area contributed by atoms with E-state index in [1.54, 1.807) is 0 Å². The van der Waals surface area contributed by atoms with E-state index in [-0.39, 0.29) is 0 Å². The average molecular weight is 235 g/mol. The molecule has 0 saturated carbocycles. The number of halogens is 1. The predicted molar refractivity (Wildman–Crippen MR) is 71.1 cm³/mol. The zero-order chi connectivity index (χ0) is 11.5. The molecule has 0 spiro atoms. The van der Waals surface area contributed by atoms with Gasteiger partial charge in [-0.1, -0.05) is 30.7 Å². The van der Waals surface area contributed by atoms with E-state index in [1.165, 1.54) is 36.8 Å². The second-order valence-corrected chi connectivity index (χ2v) is 5.32. The zero-order valence-electron chi connectivity index (χ0n) is 9.88. The van der Waals surface area contributed by atoms with Gasteiger partial charge in [-0.3, -0.25) is 0 Å². The average Bonchev–Trinajstić information content (AvgIpc) is 2.28. The number of fused-ring (bicyclic) bond motifs is 1. The molecule has 0 N–H and O–H groups in total. The number of hydrogen-bond donors (Lipinski definition) is 0. The maximum Gasteiger partial charge on any atom is 0.0408 e. The zero-order valence-corrected chi connectivity index (χ0v) is 10.6. The number of allylic oxidation sites excluding steroid dienone is 1. The fraction of sp³-hybridized carbons (Fsp3) is 0.467. The van der Waals surface area contributed by atoms with Crippen molar-refractivity contribution in [3.63, 3.8) is 0 Å². The van der Waals surface area contributed by atoms with E-state index in [1.807, 2.05) is 6.07 Å². The first-order valence-corrected chi connectivity index (χ1v) is 6.49. The Morgan fingerprint density at radius 3 is 3.12 bits per heavy atom. The minimum Gasteiger partial charge on any atom is -0.103 e. The van der Waals surface area contributed by atoms with Gasteiger partial charge in [0.15, 0.2) is 0 Å². The molecule has 0 amide bonds. The fourth-order valence-corrected chi connectivity index (χ4v) is 2.87. The molecule has 2 rings (SSSR count). The van der Waals surface area contributed by atoms with Crippen LogP contribution in [0, 0.1) is 5.92 Å². The molecule has 2 atom stereocenters. The molecule has 0 saturated heterocycles. The van der Waals surface area contributed by atoms with Gasteiger partial charge in [-0.2, -0.15) is 0 Å². The molecule has 0 nitrogen and oxygen atoms in total. The first kappa shape index (κ1) is 11.7. The summed E-state index contributed by atoms with van der Waals surface area (Å²) < 4.78 is 0. The van der Waals surface area contributed by atoms with Gasteiger partial charge in [0.1, 0.15) is 0 Å². The molecule has 0 radical (unpaired) electrons. The van der Waals surface area contributed by atoms with Gasteiger partial charge in [-0.15, -0.1) is 6.58 Å². The van der Waals surface area contributed by atoms with Crippen LogP contribution in [0.5, 0.6) is 0 Å². The molecule has 16 heavy (non-hydrogen) atoms. The van der Waals surface area contributed by atoms with Crippen molar-refractivity contribution < 1.29 is 0 Å². The minimum atomic E-state index is 0.603. The molecule has 1 aromatic carbocycles. The Kier molecular flexibility index (Phi) is 3.70. The summed E-state index contributed by atoms with van der Waals surface area (Å²) in [5, 5.41) is 0.871. The highest BCUT2D eigenvalue weighted by atomic mass is 35.5. The van der Waals surface area contributed by atoms with E-state index in [0.717, 1.165) is 5.02 Å². The second-order valence-electron chi connectivity index (χ2n) is 4.88. The smallest absolute Gasteiger partial charge is 0.0408 e. The molecule has 1 aliphatic carbocycles. The van der Waals surface area contributed by atoms with Gasteiger partial charge in [-0.05, 0) is 60.8 Å². The third-order valence-electron chi connectivity index (χ3n) is 3.60. The lowest BCUT2D eigenvalue weighted by molar-refractivity contribution is 0.471. The largest absolute Gasteiger partial charge is 0.103 e. The normalized spacial score (nSPS) is 21.2. The maximum atomic E-state index is 6.04. The molecule has 0 fully saturated rings. The second kappa shape index (κ2) is 5.05. The van der Waals surface area contributed by atoms with Crippen LogP contribution in [0.1, 0.15) is 43.2 Å². The highest BCUT2D eigenvalue weighted by Crippen LogP contribution is 2.37. The van der Waals surface area contributed by atoms with Crippen molar-refractivity contribution in [3.8, 4) is 0 Å². The molecular weight excluding hydrogens is 216 g/mol. The Morgan fingerprint density at radius 1 is 1.56 bits per heavy atom. The van der Waals surface area contributed by atoms with Crippen molar-refractivity contribution in [2.45, 2.75) is 38.5 Å². The van der Waals surface area contributed by atoms with E-state index in [4.69, 9.17) is 11.6 Å².